The molecule has 1 aliphatic carbocycles. The lowest BCUT2D eigenvalue weighted by Crippen LogP contribution is -2.45. The second-order valence-electron chi connectivity index (χ2n) is 8.70. The third-order valence-corrected chi connectivity index (χ3v) is 6.81. The van der Waals surface area contributed by atoms with E-state index in [1.807, 2.05) is 24.3 Å². The summed E-state index contributed by atoms with van der Waals surface area (Å²) in [7, 11) is 2.11. The predicted molar refractivity (Wildman–Crippen MR) is 126 cm³/mol. The fraction of sp³-hybridized carbons (Fsp3) is 0.435. The SMILES string of the molecule is CN1CCN(c2nc(NC3=CC(=O)CN3)nc(Sc3ccc(CC(=O)C4CC4)cc3)n2)CC1. The van der Waals surface area contributed by atoms with Crippen LogP contribution in [0.4, 0.5) is 11.9 Å². The molecule has 2 aromatic rings. The Morgan fingerprint density at radius 1 is 1.12 bits per heavy atom. The molecule has 1 saturated heterocycles. The van der Waals surface area contributed by atoms with E-state index < -0.39 is 0 Å². The molecule has 9 nitrogen and oxygen atoms in total. The molecule has 10 heteroatoms. The van der Waals surface area contributed by atoms with E-state index in [9.17, 15) is 9.59 Å². The summed E-state index contributed by atoms with van der Waals surface area (Å²) in [5.74, 6) is 2.26. The van der Waals surface area contributed by atoms with Crippen molar-refractivity contribution in [2.75, 3.05) is 50.0 Å². The highest BCUT2D eigenvalue weighted by Crippen LogP contribution is 2.32. The van der Waals surface area contributed by atoms with Crippen LogP contribution >= 0.6 is 11.8 Å². The number of nitrogens with one attached hydrogen (secondary N) is 2. The maximum Gasteiger partial charge on any atom is 0.234 e. The van der Waals surface area contributed by atoms with Crippen LogP contribution in [0.15, 0.2) is 46.2 Å². The summed E-state index contributed by atoms with van der Waals surface area (Å²) in [5.41, 5.74) is 1.04. The zero-order valence-electron chi connectivity index (χ0n) is 18.6. The zero-order chi connectivity index (χ0) is 22.8. The van der Waals surface area contributed by atoms with Gasteiger partial charge in [0.2, 0.25) is 11.9 Å². The minimum atomic E-state index is 0.0145. The van der Waals surface area contributed by atoms with Gasteiger partial charge >= 0.3 is 0 Å². The molecule has 2 N–H and O–H groups in total. The lowest BCUT2D eigenvalue weighted by atomic mass is 10.1. The van der Waals surface area contributed by atoms with E-state index in [0.717, 1.165) is 49.5 Å². The van der Waals surface area contributed by atoms with Crippen LogP contribution < -0.4 is 15.5 Å². The number of carbonyl (C=O) groups excluding carboxylic acids is 2. The molecule has 172 valence electrons. The van der Waals surface area contributed by atoms with Crippen LogP contribution in [0.25, 0.3) is 0 Å². The van der Waals surface area contributed by atoms with Crippen molar-refractivity contribution in [3.63, 3.8) is 0 Å². The van der Waals surface area contributed by atoms with Crippen molar-refractivity contribution in [1.29, 1.82) is 0 Å². The highest BCUT2D eigenvalue weighted by molar-refractivity contribution is 7.99. The quantitative estimate of drug-likeness (QED) is 0.599. The summed E-state index contributed by atoms with van der Waals surface area (Å²) in [6.45, 7) is 3.84. The summed E-state index contributed by atoms with van der Waals surface area (Å²) in [6, 6.07) is 8.02. The Kier molecular flexibility index (Phi) is 6.28. The van der Waals surface area contributed by atoms with Gasteiger partial charge in [0.1, 0.15) is 11.6 Å². The largest absolute Gasteiger partial charge is 0.364 e. The van der Waals surface area contributed by atoms with Gasteiger partial charge < -0.3 is 20.4 Å². The number of rotatable bonds is 8. The van der Waals surface area contributed by atoms with Crippen LogP contribution in [0, 0.1) is 5.92 Å². The lowest BCUT2D eigenvalue weighted by molar-refractivity contribution is -0.119. The number of anilines is 2. The first-order valence-corrected chi connectivity index (χ1v) is 12.1. The molecule has 33 heavy (non-hydrogen) atoms. The monoisotopic (exact) mass is 465 g/mol. The molecule has 0 radical (unpaired) electrons. The molecule has 0 unspecified atom stereocenters. The van der Waals surface area contributed by atoms with Crippen LogP contribution in [-0.4, -0.2) is 71.2 Å². The van der Waals surface area contributed by atoms with Crippen LogP contribution in [0.1, 0.15) is 18.4 Å². The van der Waals surface area contributed by atoms with Crippen molar-refractivity contribution in [2.45, 2.75) is 29.3 Å². The van der Waals surface area contributed by atoms with Gasteiger partial charge in [-0.3, -0.25) is 9.59 Å². The van der Waals surface area contributed by atoms with Crippen LogP contribution in [0.5, 0.6) is 0 Å². The van der Waals surface area contributed by atoms with Crippen molar-refractivity contribution in [1.82, 2.24) is 25.2 Å². The number of likely N-dealkylation sites (N-methyl/N-ethyl adjacent to an activating group) is 1. The maximum atomic E-state index is 12.1. The first-order valence-electron chi connectivity index (χ1n) is 11.3. The Bertz CT molecular complexity index is 1080. The van der Waals surface area contributed by atoms with Crippen LogP contribution in [-0.2, 0) is 16.0 Å². The molecule has 1 aromatic heterocycles. The molecule has 0 amide bonds. The van der Waals surface area contributed by atoms with E-state index >= 15 is 0 Å². The third-order valence-electron chi connectivity index (χ3n) is 5.94. The van der Waals surface area contributed by atoms with Crippen molar-refractivity contribution in [3.05, 3.63) is 41.7 Å². The highest BCUT2D eigenvalue weighted by atomic mass is 32.2. The molecule has 3 heterocycles. The lowest BCUT2D eigenvalue weighted by Gasteiger charge is -2.32. The molecule has 0 spiro atoms. The van der Waals surface area contributed by atoms with E-state index in [0.29, 0.717) is 35.1 Å². The summed E-state index contributed by atoms with van der Waals surface area (Å²) in [6.07, 6.45) is 4.11. The Balaban J connectivity index is 1.34. The Morgan fingerprint density at radius 3 is 2.55 bits per heavy atom. The summed E-state index contributed by atoms with van der Waals surface area (Å²) >= 11 is 1.45. The molecule has 1 aromatic carbocycles. The predicted octanol–water partition coefficient (Wildman–Crippen LogP) is 1.72. The Labute approximate surface area is 197 Å². The number of piperazine rings is 1. The minimum absolute atomic E-state index is 0.0145. The van der Waals surface area contributed by atoms with Crippen molar-refractivity contribution < 1.29 is 9.59 Å². The minimum Gasteiger partial charge on any atom is -0.364 e. The Hall–Kier alpha value is -2.98. The summed E-state index contributed by atoms with van der Waals surface area (Å²) in [4.78, 5) is 43.0. The van der Waals surface area contributed by atoms with Crippen molar-refractivity contribution in [2.24, 2.45) is 5.92 Å². The fourth-order valence-corrected chi connectivity index (χ4v) is 4.52. The van der Waals surface area contributed by atoms with Gasteiger partial charge in [-0.05, 0) is 49.3 Å². The normalized spacial score (nSPS) is 18.8. The highest BCUT2D eigenvalue weighted by Gasteiger charge is 2.29. The maximum absolute atomic E-state index is 12.1. The molecular weight excluding hydrogens is 438 g/mol. The van der Waals surface area contributed by atoms with Gasteiger partial charge in [0.15, 0.2) is 10.9 Å². The molecule has 0 atom stereocenters. The number of benzene rings is 1. The van der Waals surface area contributed by atoms with Gasteiger partial charge in [-0.25, -0.2) is 0 Å². The van der Waals surface area contributed by atoms with E-state index in [1.54, 1.807) is 0 Å². The van der Waals surface area contributed by atoms with Gasteiger partial charge in [-0.1, -0.05) is 12.1 Å². The van der Waals surface area contributed by atoms with Gasteiger partial charge in [0.05, 0.1) is 6.54 Å². The third kappa shape index (κ3) is 5.69. The van der Waals surface area contributed by atoms with Crippen molar-refractivity contribution in [3.8, 4) is 0 Å². The van der Waals surface area contributed by atoms with Gasteiger partial charge in [-0.2, -0.15) is 15.0 Å². The van der Waals surface area contributed by atoms with Gasteiger partial charge in [0, 0.05) is 49.5 Å². The average molecular weight is 466 g/mol. The molecule has 2 fully saturated rings. The first-order chi connectivity index (χ1) is 16.0. The second kappa shape index (κ2) is 9.48. The van der Waals surface area contributed by atoms with E-state index in [4.69, 9.17) is 4.98 Å². The van der Waals surface area contributed by atoms with E-state index in [2.05, 4.69) is 37.4 Å². The number of nitrogens with zero attached hydrogens (tertiary/aromatic N) is 5. The summed E-state index contributed by atoms with van der Waals surface area (Å²) < 4.78 is 0. The first kappa shape index (κ1) is 21.8. The second-order valence-corrected chi connectivity index (χ2v) is 9.74. The zero-order valence-corrected chi connectivity index (χ0v) is 19.4. The number of hydrogen-bond donors (Lipinski definition) is 2. The van der Waals surface area contributed by atoms with E-state index in [1.165, 1.54) is 17.8 Å². The summed E-state index contributed by atoms with van der Waals surface area (Å²) in [5, 5.41) is 6.70. The molecule has 1 saturated carbocycles. The van der Waals surface area contributed by atoms with Gasteiger partial charge in [-0.15, -0.1) is 0 Å². The molecule has 2 aliphatic heterocycles. The molecular formula is C23H27N7O2S. The molecule has 3 aliphatic rings. The number of carbonyl (C=O) groups is 2. The number of ketones is 2. The van der Waals surface area contributed by atoms with Crippen LogP contribution in [0.2, 0.25) is 0 Å². The number of aromatic nitrogens is 3. The number of Topliss-reactive ketones (excluding diaryl/α,β-unsaturated/α-hetero) is 1. The van der Waals surface area contributed by atoms with Gasteiger partial charge in [0.25, 0.3) is 0 Å². The average Bonchev–Trinajstić information content (AvgIpc) is 3.58. The molecule has 0 bridgehead atoms. The smallest absolute Gasteiger partial charge is 0.234 e. The van der Waals surface area contributed by atoms with Crippen LogP contribution in [0.3, 0.4) is 0 Å². The number of hydrogen-bond acceptors (Lipinski definition) is 10. The Morgan fingerprint density at radius 2 is 1.88 bits per heavy atom. The fourth-order valence-electron chi connectivity index (χ4n) is 3.77. The standard InChI is InChI=1S/C23H27N7O2S/c1-29-8-10-30(11-9-29)22-26-21(25-20-13-17(31)14-24-20)27-23(28-22)33-18-6-2-15(3-7-18)12-19(32)16-4-5-16/h2-3,6-7,13,16,24H,4-5,8-12,14H2,1H3,(H,25,26,27,28). The van der Waals surface area contributed by atoms with Crippen molar-refractivity contribution >= 4 is 35.2 Å². The topological polar surface area (TPSA) is 103 Å². The molecule has 5 rings (SSSR count). The van der Waals surface area contributed by atoms with E-state index in [-0.39, 0.29) is 18.2 Å².